The van der Waals surface area contributed by atoms with Gasteiger partial charge in [0.05, 0.1) is 24.8 Å². The number of H-pyrrole nitrogens is 1. The van der Waals surface area contributed by atoms with Crippen LogP contribution in [0.2, 0.25) is 0 Å². The zero-order valence-corrected chi connectivity index (χ0v) is 18.7. The van der Waals surface area contributed by atoms with Crippen LogP contribution in [0.1, 0.15) is 35.2 Å². The molecule has 2 heterocycles. The number of benzene rings is 2. The Hall–Kier alpha value is -3.12. The third kappa shape index (κ3) is 3.69. The van der Waals surface area contributed by atoms with Crippen LogP contribution in [-0.2, 0) is 34.4 Å². The average Bonchev–Trinajstić information content (AvgIpc) is 3.58. The molecule has 32 heavy (non-hydrogen) atoms. The fraction of sp³-hybridized carbons (Fsp3) is 0.385. The lowest BCUT2D eigenvalue weighted by Gasteiger charge is -2.26. The molecule has 0 unspecified atom stereocenters. The lowest BCUT2D eigenvalue weighted by Crippen LogP contribution is -2.40. The first-order valence-electron chi connectivity index (χ1n) is 11.2. The van der Waals surface area contributed by atoms with Gasteiger partial charge < -0.3 is 14.4 Å². The van der Waals surface area contributed by atoms with Crippen LogP contribution in [0.25, 0.3) is 11.3 Å². The molecule has 1 aromatic heterocycles. The minimum Gasteiger partial charge on any atom is -0.497 e. The lowest BCUT2D eigenvalue weighted by molar-refractivity contribution is -0.133. The first kappa shape index (κ1) is 20.8. The van der Waals surface area contributed by atoms with Crippen molar-refractivity contribution in [3.05, 3.63) is 70.9 Å². The summed E-state index contributed by atoms with van der Waals surface area (Å²) in [7, 11) is 3.37. The number of methoxy groups -OCH3 is 2. The molecule has 1 fully saturated rings. The highest BCUT2D eigenvalue weighted by atomic mass is 16.5. The first-order chi connectivity index (χ1) is 15.6. The van der Waals surface area contributed by atoms with Crippen LogP contribution in [0.3, 0.4) is 0 Å². The highest BCUT2D eigenvalue weighted by Gasteiger charge is 2.53. The summed E-state index contributed by atoms with van der Waals surface area (Å²) in [6, 6.07) is 16.3. The highest BCUT2D eigenvalue weighted by molar-refractivity contribution is 5.91. The molecule has 3 aromatic rings. The maximum absolute atomic E-state index is 13.6. The van der Waals surface area contributed by atoms with E-state index in [2.05, 4.69) is 33.3 Å². The summed E-state index contributed by atoms with van der Waals surface area (Å²) in [5, 5.41) is 7.87. The number of nitrogens with zero attached hydrogens (tertiary/aromatic N) is 2. The summed E-state index contributed by atoms with van der Waals surface area (Å²) in [5.74, 6) is 1.07. The van der Waals surface area contributed by atoms with Crippen molar-refractivity contribution >= 4 is 5.91 Å². The van der Waals surface area contributed by atoms with E-state index in [9.17, 15) is 4.79 Å². The SMILES string of the molecule is COCc1cccc(-c2n[nH]c3c2CCN(C(=O)C2(c4ccc(OC)cc4)CC2)CC3)c1. The number of nitrogens with one attached hydrogen (secondary N) is 1. The average molecular weight is 432 g/mol. The van der Waals surface area contributed by atoms with Gasteiger partial charge in [0.25, 0.3) is 0 Å². The molecule has 2 aromatic carbocycles. The molecule has 0 bridgehead atoms. The van der Waals surface area contributed by atoms with E-state index < -0.39 is 0 Å². The van der Waals surface area contributed by atoms with Crippen molar-refractivity contribution in [3.63, 3.8) is 0 Å². The quantitative estimate of drug-likeness (QED) is 0.643. The largest absolute Gasteiger partial charge is 0.497 e. The normalized spacial score (nSPS) is 16.9. The van der Waals surface area contributed by atoms with Crippen LogP contribution in [0.5, 0.6) is 5.75 Å². The molecule has 0 saturated heterocycles. The van der Waals surface area contributed by atoms with Gasteiger partial charge in [-0.2, -0.15) is 5.10 Å². The molecular weight excluding hydrogens is 402 g/mol. The van der Waals surface area contributed by atoms with Crippen LogP contribution in [0.15, 0.2) is 48.5 Å². The molecular formula is C26H29N3O3. The molecule has 6 nitrogen and oxygen atoms in total. The van der Waals surface area contributed by atoms with E-state index in [1.807, 2.05) is 30.3 Å². The predicted molar refractivity (Wildman–Crippen MR) is 123 cm³/mol. The summed E-state index contributed by atoms with van der Waals surface area (Å²) in [4.78, 5) is 15.6. The Balaban J connectivity index is 1.34. The van der Waals surface area contributed by atoms with Gasteiger partial charge in [-0.1, -0.05) is 30.3 Å². The number of aromatic nitrogens is 2. The van der Waals surface area contributed by atoms with Crippen LogP contribution in [0.4, 0.5) is 0 Å². The van der Waals surface area contributed by atoms with Gasteiger partial charge in [0.1, 0.15) is 5.75 Å². The van der Waals surface area contributed by atoms with E-state index in [4.69, 9.17) is 9.47 Å². The van der Waals surface area contributed by atoms with Gasteiger partial charge in [0.2, 0.25) is 5.91 Å². The zero-order valence-electron chi connectivity index (χ0n) is 18.7. The minimum absolute atomic E-state index is 0.254. The van der Waals surface area contributed by atoms with E-state index in [0.717, 1.165) is 66.1 Å². The van der Waals surface area contributed by atoms with E-state index >= 15 is 0 Å². The Labute approximate surface area is 188 Å². The van der Waals surface area contributed by atoms with Gasteiger partial charge in [0, 0.05) is 43.4 Å². The molecule has 5 rings (SSSR count). The Morgan fingerprint density at radius 2 is 1.88 bits per heavy atom. The predicted octanol–water partition coefficient (Wildman–Crippen LogP) is 3.89. The molecule has 166 valence electrons. The van der Waals surface area contributed by atoms with Crippen molar-refractivity contribution in [2.24, 2.45) is 0 Å². The molecule has 0 radical (unpaired) electrons. The molecule has 0 spiro atoms. The van der Waals surface area contributed by atoms with Crippen molar-refractivity contribution in [2.75, 3.05) is 27.3 Å². The molecule has 1 aliphatic heterocycles. The maximum Gasteiger partial charge on any atom is 0.233 e. The third-order valence-electron chi connectivity index (χ3n) is 6.82. The van der Waals surface area contributed by atoms with Gasteiger partial charge in [0.15, 0.2) is 0 Å². The van der Waals surface area contributed by atoms with E-state index in [0.29, 0.717) is 13.2 Å². The van der Waals surface area contributed by atoms with Crippen molar-refractivity contribution in [2.45, 2.75) is 37.7 Å². The Morgan fingerprint density at radius 1 is 1.09 bits per heavy atom. The number of amides is 1. The van der Waals surface area contributed by atoms with Gasteiger partial charge >= 0.3 is 0 Å². The number of carbonyl (C=O) groups is 1. The van der Waals surface area contributed by atoms with Gasteiger partial charge in [-0.15, -0.1) is 0 Å². The number of ether oxygens (including phenoxy) is 2. The molecule has 1 saturated carbocycles. The summed E-state index contributed by atoms with van der Waals surface area (Å²) >= 11 is 0. The Bertz CT molecular complexity index is 1120. The first-order valence-corrected chi connectivity index (χ1v) is 11.2. The van der Waals surface area contributed by atoms with Crippen molar-refractivity contribution in [1.82, 2.24) is 15.1 Å². The fourth-order valence-corrected chi connectivity index (χ4v) is 4.86. The summed E-state index contributed by atoms with van der Waals surface area (Å²) < 4.78 is 10.6. The van der Waals surface area contributed by atoms with E-state index in [1.165, 1.54) is 5.56 Å². The molecule has 6 heteroatoms. The number of hydrogen-bond acceptors (Lipinski definition) is 4. The highest BCUT2D eigenvalue weighted by Crippen LogP contribution is 2.50. The summed E-state index contributed by atoms with van der Waals surface area (Å²) in [6.45, 7) is 2.01. The monoisotopic (exact) mass is 431 g/mol. The van der Waals surface area contributed by atoms with Crippen LogP contribution < -0.4 is 4.74 Å². The molecule has 1 aliphatic carbocycles. The summed E-state index contributed by atoms with van der Waals surface area (Å²) in [5.41, 5.74) is 6.31. The minimum atomic E-state index is -0.361. The third-order valence-corrected chi connectivity index (χ3v) is 6.82. The van der Waals surface area contributed by atoms with Crippen LogP contribution >= 0.6 is 0 Å². The summed E-state index contributed by atoms with van der Waals surface area (Å²) in [6.07, 6.45) is 3.43. The second kappa shape index (κ2) is 8.43. The standard InChI is InChI=1S/C26H29N3O3/c1-31-17-18-4-3-5-19(16-18)24-22-10-14-29(15-11-23(22)27-28-24)25(30)26(12-13-26)20-6-8-21(32-2)9-7-20/h3-9,16H,10-15,17H2,1-2H3,(H,27,28). The molecule has 2 aliphatic rings. The zero-order chi connectivity index (χ0) is 22.1. The number of carbonyl (C=O) groups excluding carboxylic acids is 1. The smallest absolute Gasteiger partial charge is 0.233 e. The van der Waals surface area contributed by atoms with Crippen molar-refractivity contribution in [3.8, 4) is 17.0 Å². The fourth-order valence-electron chi connectivity index (χ4n) is 4.86. The maximum atomic E-state index is 13.6. The van der Waals surface area contributed by atoms with Crippen molar-refractivity contribution in [1.29, 1.82) is 0 Å². The Kier molecular flexibility index (Phi) is 5.47. The van der Waals surface area contributed by atoms with Gasteiger partial charge in [-0.3, -0.25) is 9.89 Å². The lowest BCUT2D eigenvalue weighted by atomic mass is 9.94. The number of fused-ring (bicyclic) bond motifs is 1. The molecule has 0 atom stereocenters. The topological polar surface area (TPSA) is 67.5 Å². The second-order valence-corrected chi connectivity index (χ2v) is 8.77. The Morgan fingerprint density at radius 3 is 2.59 bits per heavy atom. The second-order valence-electron chi connectivity index (χ2n) is 8.77. The van der Waals surface area contributed by atoms with E-state index in [-0.39, 0.29) is 11.3 Å². The van der Waals surface area contributed by atoms with Gasteiger partial charge in [-0.05, 0) is 48.6 Å². The number of rotatable bonds is 6. The van der Waals surface area contributed by atoms with E-state index in [1.54, 1.807) is 14.2 Å². The molecule has 1 N–H and O–H groups in total. The van der Waals surface area contributed by atoms with Crippen LogP contribution in [-0.4, -0.2) is 48.3 Å². The molecule has 1 amide bonds. The van der Waals surface area contributed by atoms with Crippen LogP contribution in [0, 0.1) is 0 Å². The number of hydrogen-bond donors (Lipinski definition) is 1. The van der Waals surface area contributed by atoms with Crippen molar-refractivity contribution < 1.29 is 14.3 Å². The van der Waals surface area contributed by atoms with Gasteiger partial charge in [-0.25, -0.2) is 0 Å². The number of aromatic amines is 1.